The second kappa shape index (κ2) is 14.0. The third-order valence-corrected chi connectivity index (χ3v) is 10.1. The van der Waals surface area contributed by atoms with Gasteiger partial charge in [0.05, 0.1) is 36.1 Å². The first-order valence-corrected chi connectivity index (χ1v) is 17.8. The maximum absolute atomic E-state index is 16.3. The lowest BCUT2D eigenvalue weighted by Gasteiger charge is -2.26. The molecule has 0 spiro atoms. The topological polar surface area (TPSA) is 137 Å². The monoisotopic (exact) mass is 707 g/mol. The number of H-pyrrole nitrogens is 2. The van der Waals surface area contributed by atoms with Gasteiger partial charge in [0, 0.05) is 35.4 Å². The van der Waals surface area contributed by atoms with Crippen molar-refractivity contribution in [2.45, 2.75) is 71.4 Å². The number of carbonyl (C=O) groups excluding carboxylic acids is 2. The van der Waals surface area contributed by atoms with Crippen LogP contribution in [0.1, 0.15) is 75.8 Å². The van der Waals surface area contributed by atoms with Gasteiger partial charge < -0.3 is 25.3 Å². The number of alkyl carbamates (subject to hydrolysis) is 1. The van der Waals surface area contributed by atoms with Crippen molar-refractivity contribution in [3.05, 3.63) is 83.6 Å². The molecule has 0 fully saturated rings. The summed E-state index contributed by atoms with van der Waals surface area (Å²) in [6, 6.07) is 14.8. The molecule has 5 aromatic rings. The number of ether oxygens (including phenoxy) is 1. The van der Waals surface area contributed by atoms with E-state index < -0.39 is 24.1 Å². The predicted molar refractivity (Wildman–Crippen MR) is 197 cm³/mol. The second-order valence-corrected chi connectivity index (χ2v) is 14.3. The maximum atomic E-state index is 16.3. The highest BCUT2D eigenvalue weighted by Gasteiger charge is 2.44. The summed E-state index contributed by atoms with van der Waals surface area (Å²) in [6.07, 6.45) is 4.75. The number of rotatable bonds is 11. The summed E-state index contributed by atoms with van der Waals surface area (Å²) in [5, 5.41) is 5.57. The van der Waals surface area contributed by atoms with Crippen molar-refractivity contribution in [2.24, 2.45) is 16.8 Å². The molecule has 12 heteroatoms. The fourth-order valence-corrected chi connectivity index (χ4v) is 7.15. The summed E-state index contributed by atoms with van der Waals surface area (Å²) in [5.41, 5.74) is 6.47. The molecular formula is C40H43F2N7O3. The lowest BCUT2D eigenvalue weighted by molar-refractivity contribution is -0.125. The van der Waals surface area contributed by atoms with Crippen LogP contribution in [0.2, 0.25) is 0 Å². The van der Waals surface area contributed by atoms with Gasteiger partial charge in [0.25, 0.3) is 5.92 Å². The number of aliphatic imine (C=N–C) groups is 1. The average Bonchev–Trinajstić information content (AvgIpc) is 3.94. The van der Waals surface area contributed by atoms with Crippen LogP contribution in [0.3, 0.4) is 0 Å². The number of hydrogen-bond donors (Lipinski definition) is 4. The van der Waals surface area contributed by atoms with Gasteiger partial charge >= 0.3 is 6.09 Å². The van der Waals surface area contributed by atoms with Crippen LogP contribution in [0.25, 0.3) is 44.5 Å². The van der Waals surface area contributed by atoms with E-state index in [0.717, 1.165) is 54.6 Å². The number of methoxy groups -OCH3 is 1. The third kappa shape index (κ3) is 6.69. The van der Waals surface area contributed by atoms with E-state index in [9.17, 15) is 9.59 Å². The van der Waals surface area contributed by atoms with Crippen LogP contribution in [0.15, 0.2) is 65.8 Å². The van der Waals surface area contributed by atoms with Crippen molar-refractivity contribution in [1.29, 1.82) is 0 Å². The molecule has 2 aromatic heterocycles. The largest absolute Gasteiger partial charge is 0.453 e. The van der Waals surface area contributed by atoms with Crippen LogP contribution < -0.4 is 10.6 Å². The van der Waals surface area contributed by atoms with Gasteiger partial charge in [-0.05, 0) is 77.6 Å². The summed E-state index contributed by atoms with van der Waals surface area (Å²) in [5.74, 6) is -2.51. The van der Waals surface area contributed by atoms with Crippen molar-refractivity contribution < 1.29 is 23.1 Å². The number of alkyl halides is 2. The fourth-order valence-electron chi connectivity index (χ4n) is 7.15. The van der Waals surface area contributed by atoms with Gasteiger partial charge in [-0.3, -0.25) is 9.79 Å². The number of hydrogen-bond acceptors (Lipinski definition) is 6. The first-order valence-electron chi connectivity index (χ1n) is 17.8. The lowest BCUT2D eigenvalue weighted by Crippen LogP contribution is -2.51. The molecule has 0 radical (unpaired) electrons. The smallest absolute Gasteiger partial charge is 0.407 e. The van der Waals surface area contributed by atoms with Gasteiger partial charge in [-0.15, -0.1) is 0 Å². The molecule has 3 aromatic carbocycles. The minimum atomic E-state index is -3.22. The zero-order valence-electron chi connectivity index (χ0n) is 29.9. The first kappa shape index (κ1) is 35.0. The van der Waals surface area contributed by atoms with Crippen LogP contribution in [-0.2, 0) is 21.9 Å². The Kier molecular flexibility index (Phi) is 9.41. The van der Waals surface area contributed by atoms with Crippen molar-refractivity contribution in [2.75, 3.05) is 13.7 Å². The Hall–Kier alpha value is -5.39. The van der Waals surface area contributed by atoms with E-state index in [-0.39, 0.29) is 28.9 Å². The fraction of sp³-hybridized carbons (Fsp3) is 0.375. The molecule has 2 amide bonds. The van der Waals surface area contributed by atoms with E-state index in [1.54, 1.807) is 30.5 Å². The average molecular weight is 708 g/mol. The van der Waals surface area contributed by atoms with Crippen LogP contribution >= 0.6 is 0 Å². The van der Waals surface area contributed by atoms with Crippen molar-refractivity contribution in [1.82, 2.24) is 30.6 Å². The molecule has 7 rings (SSSR count). The highest BCUT2D eigenvalue weighted by molar-refractivity contribution is 5.88. The van der Waals surface area contributed by atoms with Crippen LogP contribution in [0.4, 0.5) is 13.6 Å². The number of aryl methyl sites for hydroxylation is 1. The van der Waals surface area contributed by atoms with Gasteiger partial charge in [0.15, 0.2) is 0 Å². The molecule has 10 nitrogen and oxygen atoms in total. The molecule has 0 saturated carbocycles. The summed E-state index contributed by atoms with van der Waals surface area (Å²) in [7, 11) is 1.24. The number of amides is 2. The standard InChI is InChI=1S/C40H43F2N7O3/c1-21(2)35(48-38(50)36(22(3)4)49-39(51)52-5)37-44-20-33(47-37)25-9-13-28-27-12-8-23(17-29(27)40(41,42)30(28)18-25)24-10-14-31-32(19-24)46-34(45-31)15-11-26-7-6-16-43-26/h8-10,12-14,17-22,35-36H,6-7,11,15-16H2,1-5H3,(H,44,47)(H,45,46)(H,48,50)(H,49,51)/t35-,36-/m0/s1. The molecule has 0 bridgehead atoms. The van der Waals surface area contributed by atoms with Crippen LogP contribution in [-0.4, -0.2) is 57.3 Å². The Balaban J connectivity index is 1.11. The van der Waals surface area contributed by atoms with Gasteiger partial charge in [0.1, 0.15) is 17.7 Å². The number of halogens is 2. The molecule has 2 atom stereocenters. The van der Waals surface area contributed by atoms with Crippen molar-refractivity contribution in [3.8, 4) is 33.5 Å². The van der Waals surface area contributed by atoms with Crippen molar-refractivity contribution >= 4 is 28.7 Å². The molecule has 270 valence electrons. The SMILES string of the molecule is COC(=O)N[C@H](C(=O)N[C@H](c1ncc(-c2ccc3c(c2)C(F)(F)c2cc(-c4ccc5nc(CCC6=NCCC6)[nH]c5c4)ccc2-3)[nH]1)C(C)C)C(C)C. The quantitative estimate of drug-likeness (QED) is 0.110. The molecular weight excluding hydrogens is 664 g/mol. The Bertz CT molecular complexity index is 2180. The van der Waals surface area contributed by atoms with Gasteiger partial charge in [-0.1, -0.05) is 58.0 Å². The lowest BCUT2D eigenvalue weighted by atomic mass is 9.98. The van der Waals surface area contributed by atoms with E-state index >= 15 is 8.78 Å². The molecule has 2 aliphatic rings. The predicted octanol–water partition coefficient (Wildman–Crippen LogP) is 8.10. The summed E-state index contributed by atoms with van der Waals surface area (Å²) < 4.78 is 37.3. The molecule has 4 N–H and O–H groups in total. The van der Waals surface area contributed by atoms with E-state index in [1.807, 2.05) is 52.0 Å². The minimum absolute atomic E-state index is 0.0342. The minimum Gasteiger partial charge on any atom is -0.453 e. The third-order valence-electron chi connectivity index (χ3n) is 10.1. The maximum Gasteiger partial charge on any atom is 0.407 e. The number of aromatic nitrogens is 4. The highest BCUT2D eigenvalue weighted by Crippen LogP contribution is 2.52. The first-order chi connectivity index (χ1) is 24.9. The molecule has 52 heavy (non-hydrogen) atoms. The number of fused-ring (bicyclic) bond motifs is 4. The van der Waals surface area contributed by atoms with Gasteiger partial charge in [-0.2, -0.15) is 8.78 Å². The van der Waals surface area contributed by atoms with E-state index in [0.29, 0.717) is 33.8 Å². The molecule has 0 saturated heterocycles. The number of imidazole rings is 2. The zero-order valence-corrected chi connectivity index (χ0v) is 29.9. The van der Waals surface area contributed by atoms with Crippen LogP contribution in [0.5, 0.6) is 0 Å². The summed E-state index contributed by atoms with van der Waals surface area (Å²) >= 11 is 0. The molecule has 1 aliphatic heterocycles. The highest BCUT2D eigenvalue weighted by atomic mass is 19.3. The molecule has 0 unspecified atom stereocenters. The number of benzene rings is 3. The number of nitrogens with zero attached hydrogens (tertiary/aromatic N) is 3. The Morgan fingerprint density at radius 1 is 0.885 bits per heavy atom. The summed E-state index contributed by atoms with van der Waals surface area (Å²) in [4.78, 5) is 45.6. The number of nitrogens with one attached hydrogen (secondary N) is 4. The Morgan fingerprint density at radius 3 is 2.25 bits per heavy atom. The van der Waals surface area contributed by atoms with E-state index in [4.69, 9.17) is 4.98 Å². The van der Waals surface area contributed by atoms with Gasteiger partial charge in [-0.25, -0.2) is 14.8 Å². The van der Waals surface area contributed by atoms with Crippen molar-refractivity contribution in [3.63, 3.8) is 0 Å². The van der Waals surface area contributed by atoms with Gasteiger partial charge in [0.2, 0.25) is 5.91 Å². The van der Waals surface area contributed by atoms with Crippen LogP contribution in [0, 0.1) is 11.8 Å². The molecule has 3 heterocycles. The number of carbonyl (C=O) groups is 2. The normalized spacial score (nSPS) is 15.8. The van der Waals surface area contributed by atoms with E-state index in [1.165, 1.54) is 18.9 Å². The molecule has 1 aliphatic carbocycles. The second-order valence-electron chi connectivity index (χ2n) is 14.3. The van der Waals surface area contributed by atoms with E-state index in [2.05, 4.69) is 35.3 Å². The Morgan fingerprint density at radius 2 is 1.58 bits per heavy atom. The summed E-state index contributed by atoms with van der Waals surface area (Å²) in [6.45, 7) is 8.43. The number of aromatic amines is 2. The Labute approximate surface area is 300 Å². The zero-order chi connectivity index (χ0) is 36.7.